The van der Waals surface area contributed by atoms with Crippen LogP contribution in [0.3, 0.4) is 0 Å². The fourth-order valence-electron chi connectivity index (χ4n) is 2.51. The van der Waals surface area contributed by atoms with Crippen molar-refractivity contribution in [1.29, 1.82) is 0 Å². The highest BCUT2D eigenvalue weighted by Gasteiger charge is 2.14. The minimum absolute atomic E-state index is 0.559. The van der Waals surface area contributed by atoms with Crippen molar-refractivity contribution in [3.8, 4) is 17.2 Å². The maximum absolute atomic E-state index is 5.37. The third-order valence-corrected chi connectivity index (χ3v) is 3.65. The van der Waals surface area contributed by atoms with Crippen molar-refractivity contribution in [3.05, 3.63) is 35.9 Å². The Morgan fingerprint density at radius 1 is 0.957 bits per heavy atom. The Labute approximate surface area is 134 Å². The van der Waals surface area contributed by atoms with E-state index in [1.54, 1.807) is 21.3 Å². The summed E-state index contributed by atoms with van der Waals surface area (Å²) in [5.74, 6) is 2.48. The van der Waals surface area contributed by atoms with Gasteiger partial charge in [0.25, 0.3) is 0 Å². The molecule has 1 heterocycles. The quantitative estimate of drug-likeness (QED) is 0.752. The molecule has 0 spiro atoms. The Morgan fingerprint density at radius 2 is 1.65 bits per heavy atom. The highest BCUT2D eigenvalue weighted by molar-refractivity contribution is 5.92. The number of benzene rings is 2. The standard InChI is InChI=1S/C17H19N3O3/c1-10-5-6-13-12(7-10)17(20-19-13)18-11-8-14(21-2)16(23-4)15(9-11)22-3/h5-9H,1-4H3,(H2,18,19,20). The Hall–Kier alpha value is -2.89. The fraction of sp³-hybridized carbons (Fsp3) is 0.235. The summed E-state index contributed by atoms with van der Waals surface area (Å²) in [5, 5.41) is 11.7. The Morgan fingerprint density at radius 3 is 2.26 bits per heavy atom. The van der Waals surface area contributed by atoms with Crippen LogP contribution in [0.5, 0.6) is 17.2 Å². The molecule has 120 valence electrons. The number of nitrogens with one attached hydrogen (secondary N) is 2. The Bertz CT molecular complexity index is 817. The first kappa shape index (κ1) is 15.0. The Balaban J connectivity index is 2.03. The lowest BCUT2D eigenvalue weighted by molar-refractivity contribution is 0.324. The predicted octanol–water partition coefficient (Wildman–Crippen LogP) is 3.64. The van der Waals surface area contributed by atoms with Crippen LogP contribution in [0.4, 0.5) is 11.5 Å². The van der Waals surface area contributed by atoms with Crippen molar-refractivity contribution >= 4 is 22.4 Å². The molecule has 3 aromatic rings. The summed E-state index contributed by atoms with van der Waals surface area (Å²) in [6.07, 6.45) is 0. The smallest absolute Gasteiger partial charge is 0.203 e. The van der Waals surface area contributed by atoms with Crippen LogP contribution in [-0.2, 0) is 0 Å². The van der Waals surface area contributed by atoms with Gasteiger partial charge < -0.3 is 19.5 Å². The van der Waals surface area contributed by atoms with Crippen LogP contribution in [0.2, 0.25) is 0 Å². The molecule has 0 aliphatic rings. The van der Waals surface area contributed by atoms with Gasteiger partial charge in [-0.2, -0.15) is 5.10 Å². The number of nitrogens with zero attached hydrogens (tertiary/aromatic N) is 1. The zero-order valence-electron chi connectivity index (χ0n) is 13.6. The number of aromatic nitrogens is 2. The number of H-pyrrole nitrogens is 1. The minimum Gasteiger partial charge on any atom is -0.493 e. The molecule has 6 nitrogen and oxygen atoms in total. The number of methoxy groups -OCH3 is 3. The van der Waals surface area contributed by atoms with E-state index in [2.05, 4.69) is 28.5 Å². The van der Waals surface area contributed by atoms with Gasteiger partial charge in [-0.25, -0.2) is 0 Å². The first-order valence-electron chi connectivity index (χ1n) is 7.18. The highest BCUT2D eigenvalue weighted by Crippen LogP contribution is 2.40. The molecule has 0 saturated heterocycles. The largest absolute Gasteiger partial charge is 0.493 e. The molecule has 3 rings (SSSR count). The van der Waals surface area contributed by atoms with Crippen LogP contribution >= 0.6 is 0 Å². The van der Waals surface area contributed by atoms with E-state index in [4.69, 9.17) is 14.2 Å². The van der Waals surface area contributed by atoms with Crippen molar-refractivity contribution in [2.24, 2.45) is 0 Å². The van der Waals surface area contributed by atoms with Crippen LogP contribution in [0, 0.1) is 6.92 Å². The molecule has 2 N–H and O–H groups in total. The zero-order valence-corrected chi connectivity index (χ0v) is 13.6. The van der Waals surface area contributed by atoms with Gasteiger partial charge in [-0.1, -0.05) is 11.6 Å². The molecule has 0 amide bonds. The number of anilines is 2. The lowest BCUT2D eigenvalue weighted by Gasteiger charge is -2.14. The zero-order chi connectivity index (χ0) is 16.4. The maximum Gasteiger partial charge on any atom is 0.203 e. The van der Waals surface area contributed by atoms with E-state index in [1.165, 1.54) is 5.56 Å². The van der Waals surface area contributed by atoms with Gasteiger partial charge in [-0.15, -0.1) is 0 Å². The lowest BCUT2D eigenvalue weighted by Crippen LogP contribution is -1.98. The van der Waals surface area contributed by atoms with E-state index in [9.17, 15) is 0 Å². The van der Waals surface area contributed by atoms with Gasteiger partial charge in [0.1, 0.15) is 0 Å². The Kier molecular flexibility index (Phi) is 3.97. The van der Waals surface area contributed by atoms with E-state index < -0.39 is 0 Å². The van der Waals surface area contributed by atoms with Gasteiger partial charge in [0, 0.05) is 23.2 Å². The highest BCUT2D eigenvalue weighted by atomic mass is 16.5. The van der Waals surface area contributed by atoms with Crippen molar-refractivity contribution in [1.82, 2.24) is 10.2 Å². The molecule has 0 fully saturated rings. The molecule has 23 heavy (non-hydrogen) atoms. The third-order valence-electron chi connectivity index (χ3n) is 3.65. The molecule has 0 aliphatic carbocycles. The number of aromatic amines is 1. The third kappa shape index (κ3) is 2.75. The average molecular weight is 313 g/mol. The summed E-state index contributed by atoms with van der Waals surface area (Å²) in [4.78, 5) is 0. The van der Waals surface area contributed by atoms with Crippen molar-refractivity contribution in [2.45, 2.75) is 6.92 Å². The summed E-state index contributed by atoms with van der Waals surface area (Å²) in [7, 11) is 4.76. The van der Waals surface area contributed by atoms with E-state index in [0.717, 1.165) is 22.4 Å². The topological polar surface area (TPSA) is 68.4 Å². The monoisotopic (exact) mass is 313 g/mol. The minimum atomic E-state index is 0.559. The second-order valence-corrected chi connectivity index (χ2v) is 5.16. The number of rotatable bonds is 5. The van der Waals surface area contributed by atoms with E-state index in [0.29, 0.717) is 17.2 Å². The first-order valence-corrected chi connectivity index (χ1v) is 7.18. The van der Waals surface area contributed by atoms with Crippen LogP contribution < -0.4 is 19.5 Å². The molecule has 0 saturated carbocycles. The molecular weight excluding hydrogens is 294 g/mol. The van der Waals surface area contributed by atoms with Gasteiger partial charge in [0.05, 0.1) is 26.8 Å². The summed E-state index contributed by atoms with van der Waals surface area (Å²) in [5.41, 5.74) is 2.95. The lowest BCUT2D eigenvalue weighted by atomic mass is 10.1. The van der Waals surface area contributed by atoms with Gasteiger partial charge in [0.2, 0.25) is 5.75 Å². The molecule has 0 unspecified atom stereocenters. The van der Waals surface area contributed by atoms with Crippen molar-refractivity contribution in [3.63, 3.8) is 0 Å². The average Bonchev–Trinajstić information content (AvgIpc) is 2.96. The summed E-state index contributed by atoms with van der Waals surface area (Å²) in [6.45, 7) is 2.05. The fourth-order valence-corrected chi connectivity index (χ4v) is 2.51. The van der Waals surface area contributed by atoms with E-state index in [1.807, 2.05) is 24.3 Å². The maximum atomic E-state index is 5.37. The molecule has 6 heteroatoms. The van der Waals surface area contributed by atoms with E-state index >= 15 is 0 Å². The number of ether oxygens (including phenoxy) is 3. The number of hydrogen-bond acceptors (Lipinski definition) is 5. The summed E-state index contributed by atoms with van der Waals surface area (Å²) < 4.78 is 16.1. The molecule has 2 aromatic carbocycles. The van der Waals surface area contributed by atoms with Gasteiger partial charge in [-0.3, -0.25) is 5.10 Å². The molecule has 1 aromatic heterocycles. The summed E-state index contributed by atoms with van der Waals surface area (Å²) >= 11 is 0. The van der Waals surface area contributed by atoms with Gasteiger partial charge >= 0.3 is 0 Å². The van der Waals surface area contributed by atoms with Gasteiger partial charge in [-0.05, 0) is 19.1 Å². The predicted molar refractivity (Wildman–Crippen MR) is 90.2 cm³/mol. The number of hydrogen-bond donors (Lipinski definition) is 2. The number of fused-ring (bicyclic) bond motifs is 1. The van der Waals surface area contributed by atoms with Crippen LogP contribution in [0.25, 0.3) is 10.9 Å². The summed E-state index contributed by atoms with van der Waals surface area (Å²) in [6, 6.07) is 9.83. The molecule has 0 bridgehead atoms. The van der Waals surface area contributed by atoms with Crippen molar-refractivity contribution < 1.29 is 14.2 Å². The molecular formula is C17H19N3O3. The SMILES string of the molecule is COc1cc(Nc2n[nH]c3ccc(C)cc23)cc(OC)c1OC. The molecule has 0 aliphatic heterocycles. The van der Waals surface area contributed by atoms with Crippen LogP contribution in [0.15, 0.2) is 30.3 Å². The second kappa shape index (κ2) is 6.08. The molecule has 0 radical (unpaired) electrons. The second-order valence-electron chi connectivity index (χ2n) is 5.16. The van der Waals surface area contributed by atoms with E-state index in [-0.39, 0.29) is 0 Å². The van der Waals surface area contributed by atoms with Crippen molar-refractivity contribution in [2.75, 3.05) is 26.6 Å². The first-order chi connectivity index (χ1) is 11.2. The van der Waals surface area contributed by atoms with Gasteiger partial charge in [0.15, 0.2) is 17.3 Å². The van der Waals surface area contributed by atoms with Crippen LogP contribution in [0.1, 0.15) is 5.56 Å². The normalized spacial score (nSPS) is 10.6. The molecule has 0 atom stereocenters. The van der Waals surface area contributed by atoms with Crippen LogP contribution in [-0.4, -0.2) is 31.5 Å². The number of aryl methyl sites for hydroxylation is 1.